The van der Waals surface area contributed by atoms with E-state index in [0.29, 0.717) is 12.3 Å². The minimum absolute atomic E-state index is 0.580. The summed E-state index contributed by atoms with van der Waals surface area (Å²) in [7, 11) is -4.56. The predicted molar refractivity (Wildman–Crippen MR) is 74.3 cm³/mol. The molecule has 2 atom stereocenters. The Kier molecular flexibility index (Phi) is 6.91. The van der Waals surface area contributed by atoms with Crippen LogP contribution in [0.25, 0.3) is 0 Å². The lowest BCUT2D eigenvalue weighted by atomic mass is 10.5. The Morgan fingerprint density at radius 2 is 1.16 bits per heavy atom. The van der Waals surface area contributed by atoms with Gasteiger partial charge in [0, 0.05) is 38.5 Å². The standard InChI is InChI=1S/C10H24N2O5Si2/c13-18(9-11-1-5-15-6-2-11)17-19(14)10-12-3-7-16-8-4-12/h13-14,18-19H,1-10H2. The molecular formula is C10H24N2O5Si2. The number of morpholine rings is 2. The van der Waals surface area contributed by atoms with Crippen molar-refractivity contribution < 1.29 is 23.2 Å². The van der Waals surface area contributed by atoms with E-state index >= 15 is 0 Å². The Morgan fingerprint density at radius 1 is 0.789 bits per heavy atom. The van der Waals surface area contributed by atoms with Crippen LogP contribution < -0.4 is 0 Å². The Labute approximate surface area is 117 Å². The fourth-order valence-corrected chi connectivity index (χ4v) is 6.03. The second-order valence-electron chi connectivity index (χ2n) is 4.87. The molecule has 0 aromatic carbocycles. The molecule has 2 fully saturated rings. The van der Waals surface area contributed by atoms with Crippen molar-refractivity contribution in [1.29, 1.82) is 0 Å². The molecule has 0 bridgehead atoms. The van der Waals surface area contributed by atoms with Gasteiger partial charge in [0.15, 0.2) is 0 Å². The number of rotatable bonds is 6. The van der Waals surface area contributed by atoms with E-state index in [4.69, 9.17) is 13.6 Å². The molecule has 0 aliphatic carbocycles. The van der Waals surface area contributed by atoms with Crippen molar-refractivity contribution in [2.75, 3.05) is 64.9 Å². The highest BCUT2D eigenvalue weighted by molar-refractivity contribution is 6.57. The zero-order valence-corrected chi connectivity index (χ0v) is 13.5. The molecule has 2 aliphatic heterocycles. The van der Waals surface area contributed by atoms with Gasteiger partial charge in [-0.3, -0.25) is 9.80 Å². The highest BCUT2D eigenvalue weighted by Gasteiger charge is 2.23. The van der Waals surface area contributed by atoms with E-state index in [0.717, 1.165) is 52.6 Å². The Morgan fingerprint density at radius 3 is 1.53 bits per heavy atom. The van der Waals surface area contributed by atoms with Crippen molar-refractivity contribution in [2.45, 2.75) is 0 Å². The number of hydrogen-bond acceptors (Lipinski definition) is 7. The zero-order chi connectivity index (χ0) is 13.5. The topological polar surface area (TPSA) is 74.6 Å². The van der Waals surface area contributed by atoms with E-state index in [9.17, 15) is 9.59 Å². The maximum atomic E-state index is 9.97. The van der Waals surface area contributed by atoms with Gasteiger partial charge in [-0.05, 0) is 0 Å². The molecule has 2 N–H and O–H groups in total. The molecule has 2 aliphatic rings. The molecule has 112 valence electrons. The third-order valence-electron chi connectivity index (χ3n) is 3.35. The molecule has 2 unspecified atom stereocenters. The van der Waals surface area contributed by atoms with Gasteiger partial charge in [-0.25, -0.2) is 0 Å². The van der Waals surface area contributed by atoms with Crippen molar-refractivity contribution in [1.82, 2.24) is 9.80 Å². The van der Waals surface area contributed by atoms with Gasteiger partial charge in [0.1, 0.15) is 0 Å². The molecular weight excluding hydrogens is 284 g/mol. The summed E-state index contributed by atoms with van der Waals surface area (Å²) in [6, 6.07) is 0. The first kappa shape index (κ1) is 15.5. The van der Waals surface area contributed by atoms with Crippen LogP contribution in [0.1, 0.15) is 0 Å². The van der Waals surface area contributed by atoms with Gasteiger partial charge < -0.3 is 23.2 Å². The first-order valence-electron chi connectivity index (χ1n) is 6.86. The van der Waals surface area contributed by atoms with Gasteiger partial charge in [-0.2, -0.15) is 0 Å². The molecule has 0 spiro atoms. The summed E-state index contributed by atoms with van der Waals surface area (Å²) in [6.07, 6.45) is 1.16. The SMILES string of the molecule is O[SiH](CN1CCOCC1)O[SiH](O)CN1CCOCC1. The lowest BCUT2D eigenvalue weighted by Crippen LogP contribution is -2.49. The fraction of sp³-hybridized carbons (Fsp3) is 1.00. The van der Waals surface area contributed by atoms with Crippen LogP contribution in [0.3, 0.4) is 0 Å². The van der Waals surface area contributed by atoms with E-state index in [2.05, 4.69) is 9.80 Å². The molecule has 7 nitrogen and oxygen atoms in total. The zero-order valence-electron chi connectivity index (χ0n) is 11.2. The van der Waals surface area contributed by atoms with Crippen LogP contribution in [-0.2, 0) is 13.6 Å². The summed E-state index contributed by atoms with van der Waals surface area (Å²) >= 11 is 0. The molecule has 0 amide bonds. The van der Waals surface area contributed by atoms with Crippen molar-refractivity contribution in [3.05, 3.63) is 0 Å². The summed E-state index contributed by atoms with van der Waals surface area (Å²) in [6.45, 7) is 6.24. The minimum atomic E-state index is -2.28. The molecule has 19 heavy (non-hydrogen) atoms. The van der Waals surface area contributed by atoms with Crippen molar-refractivity contribution in [3.63, 3.8) is 0 Å². The van der Waals surface area contributed by atoms with Crippen molar-refractivity contribution in [2.24, 2.45) is 0 Å². The second-order valence-corrected chi connectivity index (χ2v) is 8.51. The summed E-state index contributed by atoms with van der Waals surface area (Å²) < 4.78 is 16.0. The highest BCUT2D eigenvalue weighted by atomic mass is 28.4. The van der Waals surface area contributed by atoms with E-state index in [1.165, 1.54) is 0 Å². The highest BCUT2D eigenvalue weighted by Crippen LogP contribution is 2.01. The Hall–Kier alpha value is 0.154. The normalized spacial score (nSPS) is 26.2. The van der Waals surface area contributed by atoms with E-state index in [1.54, 1.807) is 0 Å². The Bertz CT molecular complexity index is 228. The van der Waals surface area contributed by atoms with Crippen molar-refractivity contribution >= 4 is 18.6 Å². The number of ether oxygens (including phenoxy) is 2. The molecule has 2 saturated heterocycles. The molecule has 2 rings (SSSR count). The van der Waals surface area contributed by atoms with Gasteiger partial charge in [-0.1, -0.05) is 0 Å². The smallest absolute Gasteiger partial charge is 0.324 e. The average Bonchev–Trinajstić information content (AvgIpc) is 2.40. The van der Waals surface area contributed by atoms with Gasteiger partial charge >= 0.3 is 18.6 Å². The monoisotopic (exact) mass is 308 g/mol. The third kappa shape index (κ3) is 5.98. The summed E-state index contributed by atoms with van der Waals surface area (Å²) in [5.41, 5.74) is 0. The quantitative estimate of drug-likeness (QED) is 0.512. The van der Waals surface area contributed by atoms with Crippen LogP contribution >= 0.6 is 0 Å². The lowest BCUT2D eigenvalue weighted by molar-refractivity contribution is 0.0410. The molecule has 9 heteroatoms. The van der Waals surface area contributed by atoms with Crippen LogP contribution in [0, 0.1) is 0 Å². The average molecular weight is 308 g/mol. The minimum Gasteiger partial charge on any atom is -0.418 e. The van der Waals surface area contributed by atoms with Crippen molar-refractivity contribution in [3.8, 4) is 0 Å². The summed E-state index contributed by atoms with van der Waals surface area (Å²) in [5.74, 6) is 0. The van der Waals surface area contributed by atoms with Gasteiger partial charge in [-0.15, -0.1) is 0 Å². The maximum absolute atomic E-state index is 9.97. The predicted octanol–water partition coefficient (Wildman–Crippen LogP) is -2.83. The van der Waals surface area contributed by atoms with Gasteiger partial charge in [0.25, 0.3) is 0 Å². The first-order valence-corrected chi connectivity index (χ1v) is 10.5. The van der Waals surface area contributed by atoms with Crippen LogP contribution in [0.2, 0.25) is 0 Å². The molecule has 0 aromatic heterocycles. The second kappa shape index (κ2) is 8.44. The third-order valence-corrected chi connectivity index (χ3v) is 7.52. The van der Waals surface area contributed by atoms with Crippen LogP contribution in [0.5, 0.6) is 0 Å². The summed E-state index contributed by atoms with van der Waals surface area (Å²) in [5, 5.41) is 0. The first-order chi connectivity index (χ1) is 9.24. The Balaban J connectivity index is 1.61. The van der Waals surface area contributed by atoms with Gasteiger partial charge in [0.05, 0.1) is 26.4 Å². The van der Waals surface area contributed by atoms with E-state index < -0.39 is 18.6 Å². The van der Waals surface area contributed by atoms with Gasteiger partial charge in [0.2, 0.25) is 0 Å². The fourth-order valence-electron chi connectivity index (χ4n) is 2.28. The molecule has 0 radical (unpaired) electrons. The van der Waals surface area contributed by atoms with Crippen LogP contribution in [0.4, 0.5) is 0 Å². The largest absolute Gasteiger partial charge is 0.418 e. The van der Waals surface area contributed by atoms with Crippen LogP contribution in [0.15, 0.2) is 0 Å². The molecule has 0 aromatic rings. The summed E-state index contributed by atoms with van der Waals surface area (Å²) in [4.78, 5) is 24.2. The maximum Gasteiger partial charge on any atom is 0.324 e. The van der Waals surface area contributed by atoms with E-state index in [-0.39, 0.29) is 0 Å². The van der Waals surface area contributed by atoms with Crippen LogP contribution in [-0.4, -0.2) is 103 Å². The lowest BCUT2D eigenvalue weighted by Gasteiger charge is -2.30. The molecule has 0 saturated carbocycles. The number of hydrogen-bond donors (Lipinski definition) is 2. The molecule has 2 heterocycles. The number of nitrogens with zero attached hydrogens (tertiary/aromatic N) is 2. The van der Waals surface area contributed by atoms with E-state index in [1.807, 2.05) is 0 Å².